The predicted octanol–water partition coefficient (Wildman–Crippen LogP) is 1.79. The first-order valence-electron chi connectivity index (χ1n) is 12.4. The SMILES string of the molecule is CCOP(=O)(C[C@@H](OC(C)=O)[C@H]1O[C@@H](n2ccc(=O)[nH]c2=O)[C@H](OC(C)=O)[C@@H]1OC(=O)c1ccccc1)OCC. The normalized spacial score (nSPS) is 21.4. The van der Waals surface area contributed by atoms with Crippen molar-refractivity contribution in [2.45, 2.75) is 58.3 Å². The predicted molar refractivity (Wildman–Crippen MR) is 138 cm³/mol. The average molecular weight is 582 g/mol. The molecule has 3 rings (SSSR count). The Morgan fingerprint density at radius 2 is 1.62 bits per heavy atom. The number of ether oxygens (including phenoxy) is 4. The molecule has 0 radical (unpaired) electrons. The molecule has 5 atom stereocenters. The first-order valence-corrected chi connectivity index (χ1v) is 14.2. The number of aromatic nitrogens is 2. The van der Waals surface area contributed by atoms with Gasteiger partial charge in [0.1, 0.15) is 12.2 Å². The second kappa shape index (κ2) is 13.7. The zero-order valence-corrected chi connectivity index (χ0v) is 23.2. The minimum atomic E-state index is -3.88. The Bertz CT molecular complexity index is 1350. The molecule has 0 amide bonds. The molecule has 1 fully saturated rings. The van der Waals surface area contributed by atoms with E-state index in [1.54, 1.807) is 32.0 Å². The van der Waals surface area contributed by atoms with Crippen LogP contribution in [0.5, 0.6) is 0 Å². The van der Waals surface area contributed by atoms with Crippen LogP contribution in [0, 0.1) is 0 Å². The van der Waals surface area contributed by atoms with Crippen molar-refractivity contribution < 1.29 is 46.9 Å². The van der Waals surface area contributed by atoms with Crippen LogP contribution < -0.4 is 11.2 Å². The van der Waals surface area contributed by atoms with Gasteiger partial charge in [0.15, 0.2) is 18.4 Å². The van der Waals surface area contributed by atoms with Gasteiger partial charge in [-0.05, 0) is 26.0 Å². The topological polar surface area (TPSA) is 179 Å². The molecule has 0 aliphatic carbocycles. The molecule has 2 heterocycles. The number of hydrogen-bond acceptors (Lipinski definition) is 12. The van der Waals surface area contributed by atoms with Crippen molar-refractivity contribution >= 4 is 25.5 Å². The maximum atomic E-state index is 13.4. The van der Waals surface area contributed by atoms with E-state index in [1.165, 1.54) is 12.1 Å². The fourth-order valence-corrected chi connectivity index (χ4v) is 6.01. The van der Waals surface area contributed by atoms with Crippen LogP contribution in [0.25, 0.3) is 0 Å². The first kappa shape index (κ1) is 31.0. The number of nitrogens with one attached hydrogen (secondary N) is 1. The van der Waals surface area contributed by atoms with Crippen LogP contribution in [0.3, 0.4) is 0 Å². The molecule has 218 valence electrons. The summed E-state index contributed by atoms with van der Waals surface area (Å²) in [6, 6.07) is 8.91. The van der Waals surface area contributed by atoms with Crippen LogP contribution in [0.1, 0.15) is 44.3 Å². The summed E-state index contributed by atoms with van der Waals surface area (Å²) < 4.78 is 47.8. The van der Waals surface area contributed by atoms with Crippen molar-refractivity contribution in [1.82, 2.24) is 9.55 Å². The smallest absolute Gasteiger partial charge is 0.338 e. The molecular weight excluding hydrogens is 551 g/mol. The van der Waals surface area contributed by atoms with E-state index in [-0.39, 0.29) is 18.8 Å². The zero-order valence-electron chi connectivity index (χ0n) is 22.3. The molecule has 40 heavy (non-hydrogen) atoms. The molecule has 2 aromatic rings. The van der Waals surface area contributed by atoms with E-state index in [1.807, 2.05) is 0 Å². The molecule has 15 heteroatoms. The van der Waals surface area contributed by atoms with Gasteiger partial charge in [-0.1, -0.05) is 18.2 Å². The van der Waals surface area contributed by atoms with Crippen LogP contribution in [-0.4, -0.2) is 71.3 Å². The van der Waals surface area contributed by atoms with Gasteiger partial charge in [0.25, 0.3) is 5.56 Å². The summed E-state index contributed by atoms with van der Waals surface area (Å²) >= 11 is 0. The maximum Gasteiger partial charge on any atom is 0.338 e. The Hall–Kier alpha value is -3.58. The number of aromatic amines is 1. The molecule has 0 saturated carbocycles. The Kier molecular flexibility index (Phi) is 10.6. The van der Waals surface area contributed by atoms with Gasteiger partial charge in [0, 0.05) is 26.1 Å². The van der Waals surface area contributed by atoms with E-state index in [0.717, 1.165) is 30.7 Å². The number of benzene rings is 1. The highest BCUT2D eigenvalue weighted by molar-refractivity contribution is 7.53. The third kappa shape index (κ3) is 7.75. The highest BCUT2D eigenvalue weighted by atomic mass is 31.2. The molecule has 14 nitrogen and oxygen atoms in total. The third-order valence-electron chi connectivity index (χ3n) is 5.64. The summed E-state index contributed by atoms with van der Waals surface area (Å²) in [7, 11) is -3.88. The van der Waals surface area contributed by atoms with Gasteiger partial charge in [0.2, 0.25) is 0 Å². The Morgan fingerprint density at radius 1 is 0.975 bits per heavy atom. The van der Waals surface area contributed by atoms with Crippen LogP contribution in [-0.2, 0) is 42.1 Å². The lowest BCUT2D eigenvalue weighted by Crippen LogP contribution is -2.46. The highest BCUT2D eigenvalue weighted by Gasteiger charge is 2.55. The largest absolute Gasteiger partial charge is 0.459 e. The molecule has 1 aromatic heterocycles. The number of carbonyl (C=O) groups excluding carboxylic acids is 3. The molecule has 1 N–H and O–H groups in total. The van der Waals surface area contributed by atoms with E-state index in [4.69, 9.17) is 28.0 Å². The summed E-state index contributed by atoms with van der Waals surface area (Å²) in [6.07, 6.45) is -6.67. The van der Waals surface area contributed by atoms with E-state index < -0.39 is 73.6 Å². The van der Waals surface area contributed by atoms with Crippen LogP contribution in [0.15, 0.2) is 52.2 Å². The molecule has 1 aromatic carbocycles. The second-order valence-electron chi connectivity index (χ2n) is 8.60. The van der Waals surface area contributed by atoms with Crippen LogP contribution in [0.4, 0.5) is 0 Å². The zero-order chi connectivity index (χ0) is 29.4. The van der Waals surface area contributed by atoms with Crippen molar-refractivity contribution in [1.29, 1.82) is 0 Å². The van der Waals surface area contributed by atoms with Crippen LogP contribution in [0.2, 0.25) is 0 Å². The molecule has 0 spiro atoms. The van der Waals surface area contributed by atoms with Gasteiger partial charge in [-0.25, -0.2) is 9.59 Å². The lowest BCUT2D eigenvalue weighted by atomic mass is 10.1. The summed E-state index contributed by atoms with van der Waals surface area (Å²) in [4.78, 5) is 63.8. The third-order valence-corrected chi connectivity index (χ3v) is 7.75. The molecule has 1 aliphatic heterocycles. The number of rotatable bonds is 12. The molecular formula is C25H31N2O12P. The Morgan fingerprint density at radius 3 is 2.17 bits per heavy atom. The monoisotopic (exact) mass is 582 g/mol. The van der Waals surface area contributed by atoms with E-state index in [9.17, 15) is 28.5 Å². The lowest BCUT2D eigenvalue weighted by molar-refractivity contribution is -0.157. The summed E-state index contributed by atoms with van der Waals surface area (Å²) in [5, 5.41) is 0. The van der Waals surface area contributed by atoms with Gasteiger partial charge in [-0.2, -0.15) is 0 Å². The van der Waals surface area contributed by atoms with Gasteiger partial charge in [0.05, 0.1) is 24.9 Å². The minimum absolute atomic E-state index is 0.00743. The number of nitrogens with zero attached hydrogens (tertiary/aromatic N) is 1. The van der Waals surface area contributed by atoms with E-state index in [0.29, 0.717) is 0 Å². The van der Waals surface area contributed by atoms with E-state index >= 15 is 0 Å². The van der Waals surface area contributed by atoms with Crippen molar-refractivity contribution in [2.24, 2.45) is 0 Å². The van der Waals surface area contributed by atoms with Crippen molar-refractivity contribution in [3.63, 3.8) is 0 Å². The van der Waals surface area contributed by atoms with Crippen molar-refractivity contribution in [2.75, 3.05) is 19.4 Å². The number of H-pyrrole nitrogens is 1. The highest BCUT2D eigenvalue weighted by Crippen LogP contribution is 2.50. The molecule has 1 saturated heterocycles. The average Bonchev–Trinajstić information content (AvgIpc) is 3.21. The van der Waals surface area contributed by atoms with Gasteiger partial charge in [-0.15, -0.1) is 0 Å². The maximum absolute atomic E-state index is 13.4. The van der Waals surface area contributed by atoms with Crippen molar-refractivity contribution in [3.05, 3.63) is 69.0 Å². The molecule has 0 bridgehead atoms. The fraction of sp³-hybridized carbons (Fsp3) is 0.480. The lowest BCUT2D eigenvalue weighted by Gasteiger charge is -2.30. The summed E-state index contributed by atoms with van der Waals surface area (Å²) in [5.74, 6) is -2.45. The summed E-state index contributed by atoms with van der Waals surface area (Å²) in [6.45, 7) is 5.41. The number of hydrogen-bond donors (Lipinski definition) is 1. The Labute approximate surface area is 229 Å². The molecule has 0 unspecified atom stereocenters. The van der Waals surface area contributed by atoms with Gasteiger partial charge in [-0.3, -0.25) is 28.5 Å². The van der Waals surface area contributed by atoms with E-state index in [2.05, 4.69) is 4.98 Å². The first-order chi connectivity index (χ1) is 19.0. The quantitative estimate of drug-likeness (QED) is 0.218. The van der Waals surface area contributed by atoms with Gasteiger partial charge < -0.3 is 28.0 Å². The standard InChI is InChI=1S/C25H31N2O12P/c1-5-34-40(33,35-6-2)14-18(36-15(3)28)20-21(39-24(31)17-10-8-7-9-11-17)22(37-16(4)29)23(38-20)27-13-12-19(30)26-25(27)32/h7-13,18,20-23H,5-6,14H2,1-4H3,(H,26,30,32)/t18-,20-,21-,22-,23-/m1/s1. The number of carbonyl (C=O) groups is 3. The summed E-state index contributed by atoms with van der Waals surface area (Å²) in [5.41, 5.74) is -1.47. The number of esters is 3. The Balaban J connectivity index is 2.13. The second-order valence-corrected chi connectivity index (χ2v) is 10.7. The fourth-order valence-electron chi connectivity index (χ4n) is 4.21. The van der Waals surface area contributed by atoms with Gasteiger partial charge >= 0.3 is 31.2 Å². The minimum Gasteiger partial charge on any atom is -0.459 e. The van der Waals surface area contributed by atoms with Crippen molar-refractivity contribution in [3.8, 4) is 0 Å². The van der Waals surface area contributed by atoms with Crippen LogP contribution >= 0.6 is 7.60 Å². The molecule has 1 aliphatic rings.